The molecule has 0 saturated carbocycles. The van der Waals surface area contributed by atoms with Crippen molar-refractivity contribution in [2.24, 2.45) is 0 Å². The number of rotatable bonds is 5. The molecule has 2 heterocycles. The van der Waals surface area contributed by atoms with Gasteiger partial charge in [-0.05, 0) is 42.0 Å². The third-order valence-electron chi connectivity index (χ3n) is 5.07. The molecule has 0 aliphatic carbocycles. The highest BCUT2D eigenvalue weighted by Gasteiger charge is 2.22. The van der Waals surface area contributed by atoms with Gasteiger partial charge in [-0.15, -0.1) is 0 Å². The van der Waals surface area contributed by atoms with E-state index in [0.717, 1.165) is 36.7 Å². The SMILES string of the molecule is O=C(NCC(=O)N1CCN(Cc2ccc3c(c2)OCO3)CC1)c1ccc(F)cc1. The lowest BCUT2D eigenvalue weighted by Gasteiger charge is -2.34. The van der Waals surface area contributed by atoms with Crippen LogP contribution in [0.5, 0.6) is 11.5 Å². The van der Waals surface area contributed by atoms with Gasteiger partial charge in [0.25, 0.3) is 5.91 Å². The standard InChI is InChI=1S/C21H22FN3O4/c22-17-4-2-16(3-5-17)21(27)23-12-20(26)25-9-7-24(8-10-25)13-15-1-6-18-19(11-15)29-14-28-18/h1-6,11H,7-10,12-14H2,(H,23,27). The zero-order valence-electron chi connectivity index (χ0n) is 15.9. The van der Waals surface area contributed by atoms with Gasteiger partial charge in [0, 0.05) is 38.3 Å². The van der Waals surface area contributed by atoms with Crippen LogP contribution in [0.25, 0.3) is 0 Å². The predicted octanol–water partition coefficient (Wildman–Crippen LogP) is 1.63. The summed E-state index contributed by atoms with van der Waals surface area (Å²) in [6.07, 6.45) is 0. The highest BCUT2D eigenvalue weighted by atomic mass is 19.1. The van der Waals surface area contributed by atoms with Crippen LogP contribution in [0.3, 0.4) is 0 Å². The molecule has 0 bridgehead atoms. The van der Waals surface area contributed by atoms with Crippen molar-refractivity contribution in [1.29, 1.82) is 0 Å². The molecular formula is C21H22FN3O4. The number of hydrogen-bond acceptors (Lipinski definition) is 5. The second kappa shape index (κ2) is 8.48. The summed E-state index contributed by atoms with van der Waals surface area (Å²) in [6.45, 7) is 3.69. The van der Waals surface area contributed by atoms with Crippen LogP contribution >= 0.6 is 0 Å². The number of piperazine rings is 1. The van der Waals surface area contributed by atoms with Gasteiger partial charge in [0.2, 0.25) is 12.7 Å². The van der Waals surface area contributed by atoms with Crippen molar-refractivity contribution in [2.75, 3.05) is 39.5 Å². The Hall–Kier alpha value is -3.13. The summed E-state index contributed by atoms with van der Waals surface area (Å²) in [7, 11) is 0. The molecule has 2 aromatic rings. The molecule has 0 aromatic heterocycles. The van der Waals surface area contributed by atoms with Gasteiger partial charge in [0.05, 0.1) is 6.54 Å². The van der Waals surface area contributed by atoms with Crippen LogP contribution in [-0.2, 0) is 11.3 Å². The van der Waals surface area contributed by atoms with Crippen molar-refractivity contribution in [2.45, 2.75) is 6.54 Å². The van der Waals surface area contributed by atoms with Crippen molar-refractivity contribution < 1.29 is 23.5 Å². The molecule has 29 heavy (non-hydrogen) atoms. The monoisotopic (exact) mass is 399 g/mol. The lowest BCUT2D eigenvalue weighted by Crippen LogP contribution is -2.50. The summed E-state index contributed by atoms with van der Waals surface area (Å²) in [5.74, 6) is 0.624. The van der Waals surface area contributed by atoms with E-state index >= 15 is 0 Å². The lowest BCUT2D eigenvalue weighted by atomic mass is 10.1. The molecule has 8 heteroatoms. The van der Waals surface area contributed by atoms with Gasteiger partial charge in [-0.25, -0.2) is 4.39 Å². The van der Waals surface area contributed by atoms with Crippen molar-refractivity contribution in [3.8, 4) is 11.5 Å². The molecule has 1 N–H and O–H groups in total. The fourth-order valence-electron chi connectivity index (χ4n) is 3.42. The van der Waals surface area contributed by atoms with Gasteiger partial charge < -0.3 is 19.7 Å². The van der Waals surface area contributed by atoms with E-state index in [2.05, 4.69) is 10.2 Å². The number of amides is 2. The third-order valence-corrected chi connectivity index (χ3v) is 5.07. The first-order valence-electron chi connectivity index (χ1n) is 9.51. The van der Waals surface area contributed by atoms with Crippen LogP contribution < -0.4 is 14.8 Å². The number of nitrogens with zero attached hydrogens (tertiary/aromatic N) is 2. The lowest BCUT2D eigenvalue weighted by molar-refractivity contribution is -0.131. The predicted molar refractivity (Wildman–Crippen MR) is 103 cm³/mol. The maximum atomic E-state index is 12.9. The normalized spacial score (nSPS) is 16.0. The molecule has 2 aliphatic rings. The van der Waals surface area contributed by atoms with Gasteiger partial charge in [-0.3, -0.25) is 14.5 Å². The first-order valence-corrected chi connectivity index (χ1v) is 9.51. The molecule has 2 aromatic carbocycles. The molecule has 0 unspecified atom stereocenters. The third kappa shape index (κ3) is 4.65. The van der Waals surface area contributed by atoms with E-state index in [1.165, 1.54) is 24.3 Å². The molecule has 1 saturated heterocycles. The number of nitrogens with one attached hydrogen (secondary N) is 1. The van der Waals surface area contributed by atoms with E-state index in [0.29, 0.717) is 18.7 Å². The molecule has 152 valence electrons. The molecule has 7 nitrogen and oxygen atoms in total. The summed E-state index contributed by atoms with van der Waals surface area (Å²) in [5, 5.41) is 2.60. The minimum atomic E-state index is -0.406. The highest BCUT2D eigenvalue weighted by Crippen LogP contribution is 2.32. The van der Waals surface area contributed by atoms with Crippen LogP contribution in [0.4, 0.5) is 4.39 Å². The molecule has 1 fully saturated rings. The quantitative estimate of drug-likeness (QED) is 0.828. The number of hydrogen-bond donors (Lipinski definition) is 1. The molecule has 0 spiro atoms. The maximum Gasteiger partial charge on any atom is 0.251 e. The van der Waals surface area contributed by atoms with E-state index in [-0.39, 0.29) is 25.2 Å². The fourth-order valence-corrected chi connectivity index (χ4v) is 3.42. The number of ether oxygens (including phenoxy) is 2. The Bertz CT molecular complexity index is 895. The van der Waals surface area contributed by atoms with E-state index in [9.17, 15) is 14.0 Å². The van der Waals surface area contributed by atoms with E-state index in [4.69, 9.17) is 9.47 Å². The molecule has 0 atom stereocenters. The second-order valence-corrected chi connectivity index (χ2v) is 7.03. The Morgan fingerprint density at radius 1 is 0.966 bits per heavy atom. The van der Waals surface area contributed by atoms with E-state index in [1.54, 1.807) is 4.90 Å². The van der Waals surface area contributed by atoms with Crippen molar-refractivity contribution in [3.05, 3.63) is 59.4 Å². The van der Waals surface area contributed by atoms with Gasteiger partial charge >= 0.3 is 0 Å². The number of fused-ring (bicyclic) bond motifs is 1. The van der Waals surface area contributed by atoms with E-state index in [1.807, 2.05) is 18.2 Å². The Morgan fingerprint density at radius 3 is 2.45 bits per heavy atom. The number of carbonyl (C=O) groups is 2. The van der Waals surface area contributed by atoms with Crippen LogP contribution in [0.2, 0.25) is 0 Å². The van der Waals surface area contributed by atoms with E-state index < -0.39 is 5.82 Å². The molecular weight excluding hydrogens is 377 g/mol. The average Bonchev–Trinajstić information content (AvgIpc) is 3.21. The smallest absolute Gasteiger partial charge is 0.251 e. The van der Waals surface area contributed by atoms with Gasteiger partial charge in [0.1, 0.15) is 5.82 Å². The van der Waals surface area contributed by atoms with Gasteiger partial charge in [-0.1, -0.05) is 6.07 Å². The summed E-state index contributed by atoms with van der Waals surface area (Å²) >= 11 is 0. The van der Waals surface area contributed by atoms with Crippen LogP contribution in [0.15, 0.2) is 42.5 Å². The second-order valence-electron chi connectivity index (χ2n) is 7.03. The fraction of sp³-hybridized carbons (Fsp3) is 0.333. The van der Waals surface area contributed by atoms with Gasteiger partial charge in [-0.2, -0.15) is 0 Å². The number of halogens is 1. The van der Waals surface area contributed by atoms with Crippen LogP contribution in [0, 0.1) is 5.82 Å². The Balaban J connectivity index is 1.22. The highest BCUT2D eigenvalue weighted by molar-refractivity contribution is 5.96. The topological polar surface area (TPSA) is 71.1 Å². The Kier molecular flexibility index (Phi) is 5.62. The molecule has 4 rings (SSSR count). The Labute approximate surface area is 168 Å². The van der Waals surface area contributed by atoms with Gasteiger partial charge in [0.15, 0.2) is 11.5 Å². The van der Waals surface area contributed by atoms with Crippen molar-refractivity contribution in [3.63, 3.8) is 0 Å². The summed E-state index contributed by atoms with van der Waals surface area (Å²) in [5.41, 5.74) is 1.47. The maximum absolute atomic E-state index is 12.9. The summed E-state index contributed by atoms with van der Waals surface area (Å²) in [4.78, 5) is 28.5. The summed E-state index contributed by atoms with van der Waals surface area (Å²) < 4.78 is 23.7. The molecule has 2 aliphatic heterocycles. The number of benzene rings is 2. The Morgan fingerprint density at radius 2 is 1.69 bits per heavy atom. The van der Waals surface area contributed by atoms with Crippen LogP contribution in [0.1, 0.15) is 15.9 Å². The zero-order valence-corrected chi connectivity index (χ0v) is 15.9. The number of carbonyl (C=O) groups excluding carboxylic acids is 2. The largest absolute Gasteiger partial charge is 0.454 e. The van der Waals surface area contributed by atoms with Crippen molar-refractivity contribution in [1.82, 2.24) is 15.1 Å². The average molecular weight is 399 g/mol. The van der Waals surface area contributed by atoms with Crippen LogP contribution in [-0.4, -0.2) is 61.1 Å². The minimum absolute atomic E-state index is 0.0711. The minimum Gasteiger partial charge on any atom is -0.454 e. The molecule has 0 radical (unpaired) electrons. The zero-order chi connectivity index (χ0) is 20.2. The first-order chi connectivity index (χ1) is 14.1. The summed E-state index contributed by atoms with van der Waals surface area (Å²) in [6, 6.07) is 11.2. The first kappa shape index (κ1) is 19.2. The van der Waals surface area contributed by atoms with Crippen molar-refractivity contribution >= 4 is 11.8 Å². The molecule has 2 amide bonds.